The highest BCUT2D eigenvalue weighted by atomic mass is 32.2. The summed E-state index contributed by atoms with van der Waals surface area (Å²) in [6, 6.07) is 6.87. The van der Waals surface area contributed by atoms with Crippen LogP contribution in [0.1, 0.15) is 6.92 Å². The van der Waals surface area contributed by atoms with Gasteiger partial charge in [-0.1, -0.05) is 0 Å². The van der Waals surface area contributed by atoms with Gasteiger partial charge < -0.3 is 10.1 Å². The van der Waals surface area contributed by atoms with Crippen LogP contribution < -0.4 is 10.1 Å². The van der Waals surface area contributed by atoms with Gasteiger partial charge in [-0.15, -0.1) is 0 Å². The standard InChI is InChI=1S/C13H21N3O4S/c1-5-20-12-8-6-11(7-9-12)14-13(17)10-16(4)21(18,19)15(2)3/h6-9H,5,10H2,1-4H3,(H,14,17). The summed E-state index contributed by atoms with van der Waals surface area (Å²) in [6.45, 7) is 2.20. The summed E-state index contributed by atoms with van der Waals surface area (Å²) >= 11 is 0. The summed E-state index contributed by atoms with van der Waals surface area (Å²) in [4.78, 5) is 11.8. The average molecular weight is 315 g/mol. The molecule has 0 spiro atoms. The maximum Gasteiger partial charge on any atom is 0.281 e. The average Bonchev–Trinajstić information content (AvgIpc) is 2.40. The van der Waals surface area contributed by atoms with Crippen LogP contribution in [0.4, 0.5) is 5.69 Å². The molecule has 0 aromatic heterocycles. The normalized spacial score (nSPS) is 11.7. The van der Waals surface area contributed by atoms with Gasteiger partial charge in [-0.3, -0.25) is 4.79 Å². The summed E-state index contributed by atoms with van der Waals surface area (Å²) in [5.74, 6) is 0.301. The van der Waals surface area contributed by atoms with E-state index in [1.165, 1.54) is 21.1 Å². The Morgan fingerprint density at radius 1 is 1.19 bits per heavy atom. The van der Waals surface area contributed by atoms with E-state index in [1.54, 1.807) is 24.3 Å². The third kappa shape index (κ3) is 5.00. The Morgan fingerprint density at radius 3 is 2.24 bits per heavy atom. The molecule has 0 atom stereocenters. The lowest BCUT2D eigenvalue weighted by Gasteiger charge is -2.20. The Bertz CT molecular complexity index is 570. The first kappa shape index (κ1) is 17.4. The minimum absolute atomic E-state index is 0.256. The number of nitrogens with zero attached hydrogens (tertiary/aromatic N) is 2. The van der Waals surface area contributed by atoms with Crippen molar-refractivity contribution in [3.63, 3.8) is 0 Å². The van der Waals surface area contributed by atoms with E-state index in [9.17, 15) is 13.2 Å². The van der Waals surface area contributed by atoms with Crippen molar-refractivity contribution >= 4 is 21.8 Å². The summed E-state index contributed by atoms with van der Waals surface area (Å²) in [5.41, 5.74) is 0.583. The van der Waals surface area contributed by atoms with Crippen LogP contribution in [0.15, 0.2) is 24.3 Å². The SMILES string of the molecule is CCOc1ccc(NC(=O)CN(C)S(=O)(=O)N(C)C)cc1. The first-order valence-corrected chi connectivity index (χ1v) is 7.83. The molecular weight excluding hydrogens is 294 g/mol. The minimum Gasteiger partial charge on any atom is -0.494 e. The highest BCUT2D eigenvalue weighted by Crippen LogP contribution is 2.15. The first-order chi connectivity index (χ1) is 9.77. The van der Waals surface area contributed by atoms with Gasteiger partial charge in [0.15, 0.2) is 0 Å². The number of ether oxygens (including phenoxy) is 1. The van der Waals surface area contributed by atoms with E-state index in [4.69, 9.17) is 4.74 Å². The Morgan fingerprint density at radius 2 is 1.76 bits per heavy atom. The molecule has 1 rings (SSSR count). The molecule has 118 valence electrons. The summed E-state index contributed by atoms with van der Waals surface area (Å²) < 4.78 is 30.9. The predicted molar refractivity (Wildman–Crippen MR) is 81.5 cm³/mol. The molecule has 0 saturated carbocycles. The number of hydrogen-bond donors (Lipinski definition) is 1. The van der Waals surface area contributed by atoms with Gasteiger partial charge in [0.25, 0.3) is 10.2 Å². The molecule has 0 heterocycles. The number of likely N-dealkylation sites (N-methyl/N-ethyl adjacent to an activating group) is 1. The van der Waals surface area contributed by atoms with Gasteiger partial charge in [0.2, 0.25) is 5.91 Å². The zero-order valence-electron chi connectivity index (χ0n) is 12.7. The number of carbonyl (C=O) groups excluding carboxylic acids is 1. The van der Waals surface area contributed by atoms with Gasteiger partial charge in [0.1, 0.15) is 5.75 Å². The molecule has 21 heavy (non-hydrogen) atoms. The number of carbonyl (C=O) groups is 1. The lowest BCUT2D eigenvalue weighted by atomic mass is 10.3. The van der Waals surface area contributed by atoms with Crippen molar-refractivity contribution in [1.29, 1.82) is 0 Å². The molecular formula is C13H21N3O4S. The van der Waals surface area contributed by atoms with Crippen molar-refractivity contribution in [3.8, 4) is 5.75 Å². The maximum atomic E-state index is 11.8. The molecule has 0 aliphatic rings. The third-order valence-electron chi connectivity index (χ3n) is 2.67. The molecule has 0 unspecified atom stereocenters. The highest BCUT2D eigenvalue weighted by Gasteiger charge is 2.22. The maximum absolute atomic E-state index is 11.8. The second kappa shape index (κ2) is 7.39. The van der Waals surface area contributed by atoms with E-state index in [2.05, 4.69) is 5.32 Å². The van der Waals surface area contributed by atoms with Crippen molar-refractivity contribution in [2.24, 2.45) is 0 Å². The van der Waals surface area contributed by atoms with Gasteiger partial charge in [-0.05, 0) is 31.2 Å². The number of benzene rings is 1. The Balaban J connectivity index is 2.61. The topological polar surface area (TPSA) is 79.0 Å². The monoisotopic (exact) mass is 315 g/mol. The number of nitrogens with one attached hydrogen (secondary N) is 1. The zero-order valence-corrected chi connectivity index (χ0v) is 13.5. The minimum atomic E-state index is -3.59. The van der Waals surface area contributed by atoms with Gasteiger partial charge in [-0.2, -0.15) is 17.0 Å². The van der Waals surface area contributed by atoms with Gasteiger partial charge in [0, 0.05) is 26.8 Å². The third-order valence-corrected chi connectivity index (χ3v) is 4.51. The van der Waals surface area contributed by atoms with E-state index in [1.807, 2.05) is 6.92 Å². The van der Waals surface area contributed by atoms with Gasteiger partial charge in [-0.25, -0.2) is 0 Å². The van der Waals surface area contributed by atoms with Crippen LogP contribution in [0.5, 0.6) is 5.75 Å². The molecule has 1 amide bonds. The molecule has 0 saturated heterocycles. The number of rotatable bonds is 7. The highest BCUT2D eigenvalue weighted by molar-refractivity contribution is 7.86. The van der Waals surface area contributed by atoms with Crippen LogP contribution in [-0.2, 0) is 15.0 Å². The van der Waals surface area contributed by atoms with Crippen LogP contribution in [0.2, 0.25) is 0 Å². The fourth-order valence-electron chi connectivity index (χ4n) is 1.56. The molecule has 1 aromatic rings. The molecule has 0 aliphatic carbocycles. The number of amides is 1. The van der Waals surface area contributed by atoms with Crippen LogP contribution >= 0.6 is 0 Å². The Labute approximate surface area is 125 Å². The molecule has 7 nitrogen and oxygen atoms in total. The molecule has 8 heteroatoms. The molecule has 1 N–H and O–H groups in total. The predicted octanol–water partition coefficient (Wildman–Crippen LogP) is 0.762. The molecule has 0 aliphatic heterocycles. The Hall–Kier alpha value is -1.64. The number of anilines is 1. The molecule has 0 bridgehead atoms. The smallest absolute Gasteiger partial charge is 0.281 e. The van der Waals surface area contributed by atoms with E-state index < -0.39 is 16.1 Å². The fraction of sp³-hybridized carbons (Fsp3) is 0.462. The fourth-order valence-corrected chi connectivity index (χ4v) is 2.40. The second-order valence-corrected chi connectivity index (χ2v) is 6.80. The van der Waals surface area contributed by atoms with Crippen LogP contribution in [0, 0.1) is 0 Å². The van der Waals surface area contributed by atoms with Crippen molar-refractivity contribution < 1.29 is 17.9 Å². The van der Waals surface area contributed by atoms with Crippen molar-refractivity contribution in [2.75, 3.05) is 39.6 Å². The summed E-state index contributed by atoms with van der Waals surface area (Å²) in [7, 11) is 0.588. The molecule has 0 radical (unpaired) electrons. The van der Waals surface area contributed by atoms with Crippen molar-refractivity contribution in [2.45, 2.75) is 6.92 Å². The quantitative estimate of drug-likeness (QED) is 0.806. The number of hydrogen-bond acceptors (Lipinski definition) is 4. The molecule has 0 fully saturated rings. The van der Waals surface area contributed by atoms with Crippen molar-refractivity contribution in [3.05, 3.63) is 24.3 Å². The van der Waals surface area contributed by atoms with Gasteiger partial charge in [0.05, 0.1) is 13.2 Å². The zero-order chi connectivity index (χ0) is 16.0. The lowest BCUT2D eigenvalue weighted by Crippen LogP contribution is -2.41. The van der Waals surface area contributed by atoms with E-state index in [0.29, 0.717) is 18.0 Å². The van der Waals surface area contributed by atoms with Crippen LogP contribution in [0.3, 0.4) is 0 Å². The van der Waals surface area contributed by atoms with Crippen LogP contribution in [0.25, 0.3) is 0 Å². The second-order valence-electron chi connectivity index (χ2n) is 4.55. The van der Waals surface area contributed by atoms with Crippen molar-refractivity contribution in [1.82, 2.24) is 8.61 Å². The first-order valence-electron chi connectivity index (χ1n) is 6.44. The van der Waals surface area contributed by atoms with E-state index in [-0.39, 0.29) is 6.54 Å². The van der Waals surface area contributed by atoms with Gasteiger partial charge >= 0.3 is 0 Å². The Kier molecular flexibility index (Phi) is 6.13. The summed E-state index contributed by atoms with van der Waals surface area (Å²) in [6.07, 6.45) is 0. The largest absolute Gasteiger partial charge is 0.494 e. The van der Waals surface area contributed by atoms with Crippen LogP contribution in [-0.4, -0.2) is 57.2 Å². The molecule has 1 aromatic carbocycles. The van der Waals surface area contributed by atoms with E-state index >= 15 is 0 Å². The van der Waals surface area contributed by atoms with E-state index in [0.717, 1.165) is 8.61 Å². The lowest BCUT2D eigenvalue weighted by molar-refractivity contribution is -0.116. The summed E-state index contributed by atoms with van der Waals surface area (Å²) in [5, 5.41) is 2.63.